The Morgan fingerprint density at radius 3 is 3.00 bits per heavy atom. The van der Waals surface area contributed by atoms with Gasteiger partial charge in [-0.1, -0.05) is 0 Å². The number of hydrogen-bond acceptors (Lipinski definition) is 5. The number of anilines is 1. The molecule has 78 valence electrons. The standard InChI is InChI=1S/C9H16N4O/c1-14-9-7-11-6-8(13-9)12-5-3-2-4-10/h6-7H,2-5,10H2,1H3,(H,12,13). The average molecular weight is 196 g/mol. The third-order valence-corrected chi connectivity index (χ3v) is 1.76. The maximum Gasteiger partial charge on any atom is 0.233 e. The van der Waals surface area contributed by atoms with Crippen molar-refractivity contribution < 1.29 is 4.74 Å². The third kappa shape index (κ3) is 3.57. The smallest absolute Gasteiger partial charge is 0.233 e. The summed E-state index contributed by atoms with van der Waals surface area (Å²) in [5, 5.41) is 3.14. The Morgan fingerprint density at radius 1 is 1.43 bits per heavy atom. The first-order chi connectivity index (χ1) is 6.86. The molecule has 5 heteroatoms. The van der Waals surface area contributed by atoms with Gasteiger partial charge in [-0.05, 0) is 19.4 Å². The predicted molar refractivity (Wildman–Crippen MR) is 55.4 cm³/mol. The van der Waals surface area contributed by atoms with Crippen molar-refractivity contribution in [2.75, 3.05) is 25.5 Å². The van der Waals surface area contributed by atoms with E-state index in [1.807, 2.05) is 0 Å². The highest BCUT2D eigenvalue weighted by Crippen LogP contribution is 2.07. The molecule has 0 aromatic carbocycles. The van der Waals surface area contributed by atoms with Crippen LogP contribution in [0.3, 0.4) is 0 Å². The van der Waals surface area contributed by atoms with Crippen LogP contribution in [0, 0.1) is 0 Å². The zero-order valence-corrected chi connectivity index (χ0v) is 8.36. The van der Waals surface area contributed by atoms with Crippen LogP contribution < -0.4 is 15.8 Å². The molecule has 0 bridgehead atoms. The summed E-state index contributed by atoms with van der Waals surface area (Å²) in [7, 11) is 1.57. The van der Waals surface area contributed by atoms with Gasteiger partial charge in [0.25, 0.3) is 0 Å². The van der Waals surface area contributed by atoms with Crippen molar-refractivity contribution in [2.45, 2.75) is 12.8 Å². The molecule has 0 fully saturated rings. The Balaban J connectivity index is 2.34. The summed E-state index contributed by atoms with van der Waals surface area (Å²) in [5.74, 6) is 1.26. The summed E-state index contributed by atoms with van der Waals surface area (Å²) in [6.45, 7) is 1.59. The summed E-state index contributed by atoms with van der Waals surface area (Å²) >= 11 is 0. The van der Waals surface area contributed by atoms with E-state index in [9.17, 15) is 0 Å². The van der Waals surface area contributed by atoms with Gasteiger partial charge < -0.3 is 15.8 Å². The van der Waals surface area contributed by atoms with Crippen LogP contribution in [0.15, 0.2) is 12.4 Å². The van der Waals surface area contributed by atoms with Crippen molar-refractivity contribution in [3.63, 3.8) is 0 Å². The lowest BCUT2D eigenvalue weighted by Crippen LogP contribution is -2.07. The fourth-order valence-electron chi connectivity index (χ4n) is 1.02. The molecule has 0 saturated heterocycles. The molecule has 0 saturated carbocycles. The van der Waals surface area contributed by atoms with Crippen LogP contribution >= 0.6 is 0 Å². The molecule has 0 radical (unpaired) electrons. The van der Waals surface area contributed by atoms with Crippen molar-refractivity contribution in [1.82, 2.24) is 9.97 Å². The predicted octanol–water partition coefficient (Wildman–Crippen LogP) is 0.636. The molecule has 0 aliphatic rings. The Labute approximate surface area is 83.7 Å². The minimum atomic E-state index is 0.522. The molecule has 0 aliphatic heterocycles. The maximum absolute atomic E-state index is 5.38. The minimum Gasteiger partial charge on any atom is -0.480 e. The summed E-state index contributed by atoms with van der Waals surface area (Å²) in [5.41, 5.74) is 5.38. The molecule has 0 spiro atoms. The van der Waals surface area contributed by atoms with Gasteiger partial charge in [0.2, 0.25) is 5.88 Å². The van der Waals surface area contributed by atoms with Gasteiger partial charge >= 0.3 is 0 Å². The number of methoxy groups -OCH3 is 1. The van der Waals surface area contributed by atoms with Gasteiger partial charge in [0.1, 0.15) is 5.82 Å². The summed E-state index contributed by atoms with van der Waals surface area (Å²) in [6.07, 6.45) is 5.30. The topological polar surface area (TPSA) is 73.1 Å². The van der Waals surface area contributed by atoms with Crippen molar-refractivity contribution in [3.8, 4) is 5.88 Å². The Morgan fingerprint density at radius 2 is 2.29 bits per heavy atom. The van der Waals surface area contributed by atoms with E-state index in [4.69, 9.17) is 10.5 Å². The van der Waals surface area contributed by atoms with Gasteiger partial charge in [0, 0.05) is 6.54 Å². The Kier molecular flexibility index (Phi) is 4.71. The molecule has 1 aromatic rings. The fourth-order valence-corrected chi connectivity index (χ4v) is 1.02. The molecule has 5 nitrogen and oxygen atoms in total. The zero-order chi connectivity index (χ0) is 10.2. The molecule has 1 aromatic heterocycles. The number of unbranched alkanes of at least 4 members (excludes halogenated alkanes) is 1. The summed E-state index contributed by atoms with van der Waals surface area (Å²) in [6, 6.07) is 0. The number of aromatic nitrogens is 2. The number of nitrogens with zero attached hydrogens (tertiary/aromatic N) is 2. The van der Waals surface area contributed by atoms with Gasteiger partial charge in [-0.15, -0.1) is 0 Å². The number of nitrogens with two attached hydrogens (primary N) is 1. The van der Waals surface area contributed by atoms with Crippen LogP contribution in [0.5, 0.6) is 5.88 Å². The van der Waals surface area contributed by atoms with E-state index in [0.29, 0.717) is 5.88 Å². The molecular formula is C9H16N4O. The van der Waals surface area contributed by atoms with Crippen LogP contribution in [-0.4, -0.2) is 30.2 Å². The lowest BCUT2D eigenvalue weighted by atomic mass is 10.3. The van der Waals surface area contributed by atoms with Gasteiger partial charge in [0.05, 0.1) is 19.5 Å². The van der Waals surface area contributed by atoms with Crippen LogP contribution in [0.1, 0.15) is 12.8 Å². The number of ether oxygens (including phenoxy) is 1. The number of nitrogens with one attached hydrogen (secondary N) is 1. The molecule has 0 aliphatic carbocycles. The Hall–Kier alpha value is -1.36. The lowest BCUT2D eigenvalue weighted by molar-refractivity contribution is 0.396. The monoisotopic (exact) mass is 196 g/mol. The van der Waals surface area contributed by atoms with Gasteiger partial charge in [-0.25, -0.2) is 0 Å². The zero-order valence-electron chi connectivity index (χ0n) is 8.36. The number of rotatable bonds is 6. The Bertz CT molecular complexity index is 267. The van der Waals surface area contributed by atoms with Gasteiger partial charge in [-0.3, -0.25) is 4.98 Å². The van der Waals surface area contributed by atoms with E-state index < -0.39 is 0 Å². The SMILES string of the molecule is COc1cncc(NCCCCN)n1. The third-order valence-electron chi connectivity index (χ3n) is 1.76. The first-order valence-corrected chi connectivity index (χ1v) is 4.67. The largest absolute Gasteiger partial charge is 0.480 e. The molecule has 3 N–H and O–H groups in total. The van der Waals surface area contributed by atoms with Crippen LogP contribution in [0.4, 0.5) is 5.82 Å². The van der Waals surface area contributed by atoms with Crippen LogP contribution in [0.25, 0.3) is 0 Å². The highest BCUT2D eigenvalue weighted by atomic mass is 16.5. The minimum absolute atomic E-state index is 0.522. The van der Waals surface area contributed by atoms with Crippen molar-refractivity contribution in [3.05, 3.63) is 12.4 Å². The van der Waals surface area contributed by atoms with Crippen LogP contribution in [-0.2, 0) is 0 Å². The van der Waals surface area contributed by atoms with Gasteiger partial charge in [-0.2, -0.15) is 4.98 Å². The molecule has 0 amide bonds. The van der Waals surface area contributed by atoms with E-state index in [-0.39, 0.29) is 0 Å². The highest BCUT2D eigenvalue weighted by Gasteiger charge is 1.96. The molecular weight excluding hydrogens is 180 g/mol. The highest BCUT2D eigenvalue weighted by molar-refractivity contribution is 5.32. The summed E-state index contributed by atoms with van der Waals surface area (Å²) in [4.78, 5) is 8.14. The summed E-state index contributed by atoms with van der Waals surface area (Å²) < 4.78 is 4.95. The first kappa shape index (κ1) is 10.7. The van der Waals surface area contributed by atoms with Crippen LogP contribution in [0.2, 0.25) is 0 Å². The lowest BCUT2D eigenvalue weighted by Gasteiger charge is -2.05. The van der Waals surface area contributed by atoms with Gasteiger partial charge in [0.15, 0.2) is 0 Å². The van der Waals surface area contributed by atoms with E-state index in [0.717, 1.165) is 31.7 Å². The normalized spacial score (nSPS) is 9.86. The van der Waals surface area contributed by atoms with E-state index in [1.165, 1.54) is 0 Å². The fraction of sp³-hybridized carbons (Fsp3) is 0.556. The second-order valence-corrected chi connectivity index (χ2v) is 2.87. The molecule has 1 heterocycles. The van der Waals surface area contributed by atoms with Crippen molar-refractivity contribution in [1.29, 1.82) is 0 Å². The second-order valence-electron chi connectivity index (χ2n) is 2.87. The van der Waals surface area contributed by atoms with Crippen molar-refractivity contribution in [2.24, 2.45) is 5.73 Å². The van der Waals surface area contributed by atoms with Crippen molar-refractivity contribution >= 4 is 5.82 Å². The second kappa shape index (κ2) is 6.15. The maximum atomic E-state index is 5.38. The molecule has 14 heavy (non-hydrogen) atoms. The van der Waals surface area contributed by atoms with E-state index >= 15 is 0 Å². The first-order valence-electron chi connectivity index (χ1n) is 4.67. The average Bonchev–Trinajstić information content (AvgIpc) is 2.25. The molecule has 0 atom stereocenters. The van der Waals surface area contributed by atoms with E-state index in [2.05, 4.69) is 15.3 Å². The van der Waals surface area contributed by atoms with E-state index in [1.54, 1.807) is 19.5 Å². The molecule has 0 unspecified atom stereocenters. The number of hydrogen-bond donors (Lipinski definition) is 2. The quantitative estimate of drug-likeness (QED) is 0.653. The molecule has 1 rings (SSSR count).